The Labute approximate surface area is 98.2 Å². The van der Waals surface area contributed by atoms with Crippen LogP contribution in [0.5, 0.6) is 0 Å². The Morgan fingerprint density at radius 3 is 3.00 bits per heavy atom. The van der Waals surface area contributed by atoms with Crippen molar-refractivity contribution in [2.45, 2.75) is 45.1 Å². The van der Waals surface area contributed by atoms with Crippen molar-refractivity contribution in [3.8, 4) is 0 Å². The van der Waals surface area contributed by atoms with Crippen molar-refractivity contribution >= 4 is 5.69 Å². The molecule has 0 saturated carbocycles. The molecule has 1 aliphatic rings. The monoisotopic (exact) mass is 218 g/mol. The van der Waals surface area contributed by atoms with Crippen LogP contribution in [0.1, 0.15) is 43.7 Å². The van der Waals surface area contributed by atoms with E-state index in [9.17, 15) is 0 Å². The Hall–Kier alpha value is -1.02. The fourth-order valence-corrected chi connectivity index (χ4v) is 2.61. The predicted molar refractivity (Wildman–Crippen MR) is 69.7 cm³/mol. The van der Waals surface area contributed by atoms with Gasteiger partial charge in [0.1, 0.15) is 0 Å². The van der Waals surface area contributed by atoms with Crippen LogP contribution in [-0.2, 0) is 6.42 Å². The molecule has 3 N–H and O–H groups in total. The average Bonchev–Trinajstić information content (AvgIpc) is 2.26. The molecule has 0 radical (unpaired) electrons. The number of fused-ring (bicyclic) bond motifs is 1. The lowest BCUT2D eigenvalue weighted by molar-refractivity contribution is 0.480. The first-order chi connectivity index (χ1) is 7.68. The minimum absolute atomic E-state index is 0.551. The molecule has 0 amide bonds. The van der Waals surface area contributed by atoms with Gasteiger partial charge >= 0.3 is 0 Å². The summed E-state index contributed by atoms with van der Waals surface area (Å²) in [5.74, 6) is 0.604. The van der Waals surface area contributed by atoms with E-state index < -0.39 is 0 Å². The van der Waals surface area contributed by atoms with Crippen molar-refractivity contribution in [1.29, 1.82) is 0 Å². The highest BCUT2D eigenvalue weighted by molar-refractivity contribution is 5.54. The van der Waals surface area contributed by atoms with E-state index in [0.29, 0.717) is 12.0 Å². The van der Waals surface area contributed by atoms with Crippen LogP contribution in [0.15, 0.2) is 18.2 Å². The number of nitrogen functional groups attached to an aromatic ring is 1. The Balaban J connectivity index is 2.18. The first-order valence-corrected chi connectivity index (χ1v) is 6.29. The fourth-order valence-electron chi connectivity index (χ4n) is 2.61. The van der Waals surface area contributed by atoms with Crippen molar-refractivity contribution in [3.05, 3.63) is 29.3 Å². The highest BCUT2D eigenvalue weighted by atomic mass is 14.9. The lowest BCUT2D eigenvalue weighted by Gasteiger charge is -2.28. The van der Waals surface area contributed by atoms with Gasteiger partial charge in [-0.3, -0.25) is 0 Å². The molecule has 0 heterocycles. The molecule has 16 heavy (non-hydrogen) atoms. The molecule has 0 aromatic heterocycles. The van der Waals surface area contributed by atoms with Crippen LogP contribution in [0.3, 0.4) is 0 Å². The van der Waals surface area contributed by atoms with Gasteiger partial charge in [-0.15, -0.1) is 0 Å². The number of rotatable bonds is 3. The van der Waals surface area contributed by atoms with Gasteiger partial charge < -0.3 is 11.1 Å². The Bertz CT molecular complexity index is 358. The first kappa shape index (κ1) is 11.5. The van der Waals surface area contributed by atoms with Crippen molar-refractivity contribution < 1.29 is 0 Å². The van der Waals surface area contributed by atoms with E-state index in [-0.39, 0.29) is 0 Å². The van der Waals surface area contributed by atoms with Gasteiger partial charge in [-0.2, -0.15) is 0 Å². The molecule has 2 rings (SSSR count). The molecule has 1 unspecified atom stereocenters. The predicted octanol–water partition coefficient (Wildman–Crippen LogP) is 2.69. The molecule has 2 heteroatoms. The van der Waals surface area contributed by atoms with Crippen molar-refractivity contribution in [2.75, 3.05) is 12.3 Å². The van der Waals surface area contributed by atoms with Crippen molar-refractivity contribution in [3.63, 3.8) is 0 Å². The van der Waals surface area contributed by atoms with Gasteiger partial charge in [0.15, 0.2) is 0 Å². The second-order valence-electron chi connectivity index (χ2n) is 5.07. The Kier molecular flexibility index (Phi) is 3.49. The van der Waals surface area contributed by atoms with E-state index in [2.05, 4.69) is 31.3 Å². The normalized spacial score (nSPS) is 19.8. The maximum Gasteiger partial charge on any atom is 0.0352 e. The quantitative estimate of drug-likeness (QED) is 0.765. The summed E-state index contributed by atoms with van der Waals surface area (Å²) in [6.07, 6.45) is 3.75. The summed E-state index contributed by atoms with van der Waals surface area (Å²) in [6, 6.07) is 6.89. The van der Waals surface area contributed by atoms with Crippen LogP contribution in [0.4, 0.5) is 5.69 Å². The van der Waals surface area contributed by atoms with E-state index >= 15 is 0 Å². The Morgan fingerprint density at radius 1 is 1.44 bits per heavy atom. The number of nitrogens with two attached hydrogens (primary N) is 1. The highest BCUT2D eigenvalue weighted by Crippen LogP contribution is 2.34. The lowest BCUT2D eigenvalue weighted by atomic mass is 9.81. The average molecular weight is 218 g/mol. The van der Waals surface area contributed by atoms with Gasteiger partial charge in [0.2, 0.25) is 0 Å². The molecule has 88 valence electrons. The van der Waals surface area contributed by atoms with E-state index in [1.165, 1.54) is 30.4 Å². The summed E-state index contributed by atoms with van der Waals surface area (Å²) >= 11 is 0. The fraction of sp³-hybridized carbons (Fsp3) is 0.571. The largest absolute Gasteiger partial charge is 0.398 e. The van der Waals surface area contributed by atoms with E-state index in [1.54, 1.807) is 0 Å². The van der Waals surface area contributed by atoms with Crippen molar-refractivity contribution in [1.82, 2.24) is 5.32 Å². The molecule has 1 aromatic carbocycles. The summed E-state index contributed by atoms with van der Waals surface area (Å²) in [5, 5.41) is 3.53. The zero-order chi connectivity index (χ0) is 11.5. The van der Waals surface area contributed by atoms with Crippen LogP contribution in [0.2, 0.25) is 0 Å². The zero-order valence-electron chi connectivity index (χ0n) is 10.3. The molecule has 2 nitrogen and oxygen atoms in total. The number of nitrogens with one attached hydrogen (secondary N) is 1. The second-order valence-corrected chi connectivity index (χ2v) is 5.07. The van der Waals surface area contributed by atoms with Crippen molar-refractivity contribution in [2.24, 2.45) is 0 Å². The minimum Gasteiger partial charge on any atom is -0.398 e. The van der Waals surface area contributed by atoms with Gasteiger partial charge in [-0.1, -0.05) is 26.0 Å². The van der Waals surface area contributed by atoms with Crippen LogP contribution < -0.4 is 11.1 Å². The van der Waals surface area contributed by atoms with Gasteiger partial charge in [0.05, 0.1) is 0 Å². The third-order valence-electron chi connectivity index (χ3n) is 3.41. The van der Waals surface area contributed by atoms with E-state index in [1.807, 2.05) is 6.07 Å². The summed E-state index contributed by atoms with van der Waals surface area (Å²) < 4.78 is 0. The third-order valence-corrected chi connectivity index (χ3v) is 3.41. The maximum atomic E-state index is 6.11. The molecule has 0 aliphatic heterocycles. The number of hydrogen-bond donors (Lipinski definition) is 2. The summed E-state index contributed by atoms with van der Waals surface area (Å²) in [4.78, 5) is 0. The zero-order valence-corrected chi connectivity index (χ0v) is 10.3. The summed E-state index contributed by atoms with van der Waals surface area (Å²) in [5.41, 5.74) is 9.95. The van der Waals surface area contributed by atoms with Gasteiger partial charge in [0.25, 0.3) is 0 Å². The number of aryl methyl sites for hydroxylation is 1. The van der Waals surface area contributed by atoms with Gasteiger partial charge in [-0.05, 0) is 42.4 Å². The van der Waals surface area contributed by atoms with Crippen LogP contribution >= 0.6 is 0 Å². The van der Waals surface area contributed by atoms with E-state index in [4.69, 9.17) is 5.73 Å². The maximum absolute atomic E-state index is 6.11. The molecular weight excluding hydrogens is 196 g/mol. The molecule has 1 aliphatic carbocycles. The number of anilines is 1. The molecule has 0 fully saturated rings. The molecule has 1 atom stereocenters. The standard InChI is InChI=1S/C14H22N2/c1-10(2)16-9-12-7-3-5-11-6-4-8-13(15)14(11)12/h4,6,8,10,12,16H,3,5,7,9,15H2,1-2H3. The molecule has 0 bridgehead atoms. The smallest absolute Gasteiger partial charge is 0.0352 e. The highest BCUT2D eigenvalue weighted by Gasteiger charge is 2.21. The number of benzene rings is 1. The molecule has 0 saturated heterocycles. The second kappa shape index (κ2) is 4.88. The van der Waals surface area contributed by atoms with Gasteiger partial charge in [0, 0.05) is 18.3 Å². The summed E-state index contributed by atoms with van der Waals surface area (Å²) in [6.45, 7) is 5.44. The van der Waals surface area contributed by atoms with Gasteiger partial charge in [-0.25, -0.2) is 0 Å². The summed E-state index contributed by atoms with van der Waals surface area (Å²) in [7, 11) is 0. The third kappa shape index (κ3) is 2.38. The van der Waals surface area contributed by atoms with Crippen LogP contribution in [0, 0.1) is 0 Å². The molecule has 1 aromatic rings. The van der Waals surface area contributed by atoms with E-state index in [0.717, 1.165) is 12.2 Å². The van der Waals surface area contributed by atoms with Crippen LogP contribution in [-0.4, -0.2) is 12.6 Å². The first-order valence-electron chi connectivity index (χ1n) is 6.29. The minimum atomic E-state index is 0.551. The SMILES string of the molecule is CC(C)NCC1CCCc2cccc(N)c21. The van der Waals surface area contributed by atoms with Crippen LogP contribution in [0.25, 0.3) is 0 Å². The lowest BCUT2D eigenvalue weighted by Crippen LogP contribution is -2.30. The molecule has 0 spiro atoms. The topological polar surface area (TPSA) is 38.0 Å². The molecular formula is C14H22N2. The number of hydrogen-bond acceptors (Lipinski definition) is 2. The Morgan fingerprint density at radius 2 is 2.25 bits per heavy atom.